The second-order valence-electron chi connectivity index (χ2n) is 7.20. The summed E-state index contributed by atoms with van der Waals surface area (Å²) in [7, 11) is 0. The molecule has 26 heavy (non-hydrogen) atoms. The zero-order chi connectivity index (χ0) is 18.6. The van der Waals surface area contributed by atoms with Crippen molar-refractivity contribution in [1.82, 2.24) is 9.80 Å². The standard InChI is InChI=1S/C19H26F3N3O/c20-19(21,22)16-6-2-3-7-17(16)23-18(26)14-24-12-8-15(9-13-24)25-10-4-1-5-11-25/h2-3,6-7,15H,1,4-5,8-14H2,(H,23,26). The number of hydrogen-bond donors (Lipinski definition) is 1. The number of rotatable bonds is 4. The quantitative estimate of drug-likeness (QED) is 0.881. The molecule has 2 fully saturated rings. The van der Waals surface area contributed by atoms with Crippen molar-refractivity contribution in [3.63, 3.8) is 0 Å². The Bertz CT molecular complexity index is 606. The number of likely N-dealkylation sites (tertiary alicyclic amines) is 2. The molecule has 1 aromatic rings. The van der Waals surface area contributed by atoms with Gasteiger partial charge >= 0.3 is 6.18 Å². The first kappa shape index (κ1) is 19.2. The zero-order valence-electron chi connectivity index (χ0n) is 14.9. The Morgan fingerprint density at radius 3 is 2.35 bits per heavy atom. The minimum Gasteiger partial charge on any atom is -0.324 e. The number of halogens is 3. The minimum absolute atomic E-state index is 0.138. The second-order valence-corrected chi connectivity index (χ2v) is 7.20. The molecule has 2 aliphatic heterocycles. The van der Waals surface area contributed by atoms with E-state index in [2.05, 4.69) is 10.2 Å². The second kappa shape index (κ2) is 8.39. The van der Waals surface area contributed by atoms with Crippen LogP contribution in [0.15, 0.2) is 24.3 Å². The van der Waals surface area contributed by atoms with Gasteiger partial charge in [0.25, 0.3) is 0 Å². The highest BCUT2D eigenvalue weighted by molar-refractivity contribution is 5.93. The lowest BCUT2D eigenvalue weighted by Gasteiger charge is -2.40. The smallest absolute Gasteiger partial charge is 0.324 e. The Labute approximate surface area is 152 Å². The van der Waals surface area contributed by atoms with Crippen LogP contribution in [0.5, 0.6) is 0 Å². The number of carbonyl (C=O) groups is 1. The van der Waals surface area contributed by atoms with Crippen LogP contribution in [0.1, 0.15) is 37.7 Å². The highest BCUT2D eigenvalue weighted by Gasteiger charge is 2.33. The van der Waals surface area contributed by atoms with Gasteiger partial charge in [0.1, 0.15) is 0 Å². The molecule has 0 saturated carbocycles. The van der Waals surface area contributed by atoms with Crippen molar-refractivity contribution in [3.8, 4) is 0 Å². The van der Waals surface area contributed by atoms with Gasteiger partial charge in [-0.05, 0) is 50.9 Å². The van der Waals surface area contributed by atoms with Crippen LogP contribution in [0, 0.1) is 0 Å². The summed E-state index contributed by atoms with van der Waals surface area (Å²) in [5.41, 5.74) is -0.981. The molecule has 0 spiro atoms. The van der Waals surface area contributed by atoms with E-state index < -0.39 is 17.6 Å². The molecule has 1 amide bonds. The van der Waals surface area contributed by atoms with E-state index in [0.29, 0.717) is 6.04 Å². The van der Waals surface area contributed by atoms with Crippen molar-refractivity contribution in [2.75, 3.05) is 38.0 Å². The number of hydrogen-bond acceptors (Lipinski definition) is 3. The number of carbonyl (C=O) groups excluding carboxylic acids is 1. The molecular weight excluding hydrogens is 343 g/mol. The molecule has 0 unspecified atom stereocenters. The van der Waals surface area contributed by atoms with Crippen molar-refractivity contribution >= 4 is 11.6 Å². The van der Waals surface area contributed by atoms with Crippen molar-refractivity contribution in [2.24, 2.45) is 0 Å². The summed E-state index contributed by atoms with van der Waals surface area (Å²) in [6.07, 6.45) is 1.41. The molecule has 7 heteroatoms. The third-order valence-corrected chi connectivity index (χ3v) is 5.34. The molecular formula is C19H26F3N3O. The monoisotopic (exact) mass is 369 g/mol. The summed E-state index contributed by atoms with van der Waals surface area (Å²) in [5.74, 6) is -0.391. The number of amides is 1. The lowest BCUT2D eigenvalue weighted by molar-refractivity contribution is -0.137. The van der Waals surface area contributed by atoms with Crippen LogP contribution in [-0.2, 0) is 11.0 Å². The summed E-state index contributed by atoms with van der Waals surface area (Å²) in [6.45, 7) is 4.10. The van der Waals surface area contributed by atoms with E-state index in [1.807, 2.05) is 4.90 Å². The number of anilines is 1. The molecule has 3 rings (SSSR count). The van der Waals surface area contributed by atoms with Gasteiger partial charge in [-0.3, -0.25) is 9.69 Å². The number of piperidine rings is 2. The van der Waals surface area contributed by atoms with Crippen LogP contribution in [0.25, 0.3) is 0 Å². The highest BCUT2D eigenvalue weighted by Crippen LogP contribution is 2.34. The summed E-state index contributed by atoms with van der Waals surface area (Å²) >= 11 is 0. The minimum atomic E-state index is -4.48. The third-order valence-electron chi connectivity index (χ3n) is 5.34. The van der Waals surface area contributed by atoms with Crippen LogP contribution in [0.3, 0.4) is 0 Å². The molecule has 0 aromatic heterocycles. The topological polar surface area (TPSA) is 35.6 Å². The van der Waals surface area contributed by atoms with E-state index in [1.165, 1.54) is 50.6 Å². The first-order chi connectivity index (χ1) is 12.4. The van der Waals surface area contributed by atoms with E-state index in [4.69, 9.17) is 0 Å². The van der Waals surface area contributed by atoms with Gasteiger partial charge in [-0.15, -0.1) is 0 Å². The fourth-order valence-electron chi connectivity index (χ4n) is 3.96. The first-order valence-corrected chi connectivity index (χ1v) is 9.36. The fraction of sp³-hybridized carbons (Fsp3) is 0.632. The van der Waals surface area contributed by atoms with Crippen LogP contribution in [0.2, 0.25) is 0 Å². The van der Waals surface area contributed by atoms with E-state index in [0.717, 1.165) is 32.0 Å². The molecule has 2 saturated heterocycles. The Kier molecular flexibility index (Phi) is 6.19. The molecule has 1 N–H and O–H groups in total. The molecule has 1 aromatic carbocycles. The average Bonchev–Trinajstić information content (AvgIpc) is 2.62. The molecule has 2 aliphatic rings. The highest BCUT2D eigenvalue weighted by atomic mass is 19.4. The summed E-state index contributed by atoms with van der Waals surface area (Å²) in [4.78, 5) is 16.8. The van der Waals surface area contributed by atoms with Crippen LogP contribution in [0.4, 0.5) is 18.9 Å². The number of alkyl halides is 3. The molecule has 0 aliphatic carbocycles. The number of nitrogens with one attached hydrogen (secondary N) is 1. The van der Waals surface area contributed by atoms with Crippen LogP contribution < -0.4 is 5.32 Å². The predicted molar refractivity (Wildman–Crippen MR) is 95.0 cm³/mol. The molecule has 144 valence electrons. The van der Waals surface area contributed by atoms with E-state index in [9.17, 15) is 18.0 Å². The molecule has 4 nitrogen and oxygen atoms in total. The first-order valence-electron chi connectivity index (χ1n) is 9.36. The van der Waals surface area contributed by atoms with E-state index in [1.54, 1.807) is 0 Å². The van der Waals surface area contributed by atoms with Crippen molar-refractivity contribution in [3.05, 3.63) is 29.8 Å². The largest absolute Gasteiger partial charge is 0.418 e. The fourth-order valence-corrected chi connectivity index (χ4v) is 3.96. The van der Waals surface area contributed by atoms with E-state index >= 15 is 0 Å². The Morgan fingerprint density at radius 2 is 1.69 bits per heavy atom. The maximum atomic E-state index is 13.0. The number of nitrogens with zero attached hydrogens (tertiary/aromatic N) is 2. The zero-order valence-corrected chi connectivity index (χ0v) is 14.9. The van der Waals surface area contributed by atoms with Gasteiger partial charge in [0.2, 0.25) is 5.91 Å². The van der Waals surface area contributed by atoms with Crippen LogP contribution in [-0.4, -0.2) is 54.5 Å². The van der Waals surface area contributed by atoms with Gasteiger partial charge < -0.3 is 10.2 Å². The molecule has 0 atom stereocenters. The predicted octanol–water partition coefficient (Wildman–Crippen LogP) is 3.59. The lowest BCUT2D eigenvalue weighted by Crippen LogP contribution is -2.48. The Hall–Kier alpha value is -1.60. The molecule has 0 radical (unpaired) electrons. The van der Waals surface area contributed by atoms with Gasteiger partial charge in [0.05, 0.1) is 17.8 Å². The maximum absolute atomic E-state index is 13.0. The molecule has 0 bridgehead atoms. The van der Waals surface area contributed by atoms with Gasteiger partial charge in [0.15, 0.2) is 0 Å². The maximum Gasteiger partial charge on any atom is 0.418 e. The third kappa shape index (κ3) is 4.98. The van der Waals surface area contributed by atoms with Gasteiger partial charge in [-0.1, -0.05) is 18.6 Å². The van der Waals surface area contributed by atoms with Gasteiger partial charge in [-0.2, -0.15) is 13.2 Å². The Balaban J connectivity index is 1.49. The number of benzene rings is 1. The summed E-state index contributed by atoms with van der Waals surface area (Å²) < 4.78 is 39.0. The van der Waals surface area contributed by atoms with Crippen molar-refractivity contribution in [2.45, 2.75) is 44.3 Å². The van der Waals surface area contributed by atoms with Crippen molar-refractivity contribution < 1.29 is 18.0 Å². The van der Waals surface area contributed by atoms with E-state index in [-0.39, 0.29) is 12.2 Å². The van der Waals surface area contributed by atoms with Crippen LogP contribution >= 0.6 is 0 Å². The van der Waals surface area contributed by atoms with Crippen molar-refractivity contribution in [1.29, 1.82) is 0 Å². The normalized spacial score (nSPS) is 20.9. The summed E-state index contributed by atoms with van der Waals surface area (Å²) in [5, 5.41) is 2.43. The Morgan fingerprint density at radius 1 is 1.04 bits per heavy atom. The average molecular weight is 369 g/mol. The van der Waals surface area contributed by atoms with Gasteiger partial charge in [0, 0.05) is 19.1 Å². The lowest BCUT2D eigenvalue weighted by atomic mass is 10.00. The number of para-hydroxylation sites is 1. The summed E-state index contributed by atoms with van der Waals surface area (Å²) in [6, 6.07) is 5.68. The van der Waals surface area contributed by atoms with Gasteiger partial charge in [-0.25, -0.2) is 0 Å². The molecule has 2 heterocycles. The SMILES string of the molecule is O=C(CN1CCC(N2CCCCC2)CC1)Nc1ccccc1C(F)(F)F.